The zero-order valence-electron chi connectivity index (χ0n) is 12.2. The van der Waals surface area contributed by atoms with Crippen LogP contribution in [0.15, 0.2) is 18.2 Å². The largest absolute Gasteiger partial charge is 0.496 e. The topological polar surface area (TPSA) is 64.4 Å². The maximum absolute atomic E-state index is 11.3. The number of benzene rings is 1. The number of nitrogens with two attached hydrogens (primary N) is 1. The zero-order chi connectivity index (χ0) is 14.5. The van der Waals surface area contributed by atoms with Crippen LogP contribution in [0.1, 0.15) is 31.9 Å². The van der Waals surface area contributed by atoms with E-state index in [1.54, 1.807) is 7.11 Å². The van der Waals surface area contributed by atoms with Crippen LogP contribution in [-0.2, 0) is 16.6 Å². The van der Waals surface area contributed by atoms with E-state index in [0.29, 0.717) is 6.54 Å². The molecule has 0 heterocycles. The molecule has 0 atom stereocenters. The van der Waals surface area contributed by atoms with Crippen molar-refractivity contribution in [2.24, 2.45) is 5.73 Å². The van der Waals surface area contributed by atoms with Crippen molar-refractivity contribution in [3.8, 4) is 5.75 Å². The molecule has 4 heteroatoms. The molecule has 0 saturated heterocycles. The first-order valence-electron chi connectivity index (χ1n) is 6.58. The lowest BCUT2D eigenvalue weighted by Gasteiger charge is -2.26. The van der Waals surface area contributed by atoms with Crippen LogP contribution in [-0.4, -0.2) is 26.1 Å². The molecule has 106 valence electrons. The van der Waals surface area contributed by atoms with E-state index in [4.69, 9.17) is 10.5 Å². The number of amides is 1. The number of ether oxygens (including phenoxy) is 1. The summed E-state index contributed by atoms with van der Waals surface area (Å²) in [6, 6.07) is 6.18. The Hall–Kier alpha value is -1.55. The fourth-order valence-corrected chi connectivity index (χ4v) is 1.97. The molecule has 0 fully saturated rings. The lowest BCUT2D eigenvalue weighted by atomic mass is 9.83. The molecule has 4 nitrogen and oxygen atoms in total. The van der Waals surface area contributed by atoms with Gasteiger partial charge in [-0.2, -0.15) is 0 Å². The van der Waals surface area contributed by atoms with Gasteiger partial charge in [-0.15, -0.1) is 0 Å². The van der Waals surface area contributed by atoms with Gasteiger partial charge in [-0.3, -0.25) is 4.79 Å². The van der Waals surface area contributed by atoms with E-state index in [1.165, 1.54) is 11.1 Å². The Morgan fingerprint density at radius 3 is 2.63 bits per heavy atom. The highest BCUT2D eigenvalue weighted by molar-refractivity contribution is 5.77. The van der Waals surface area contributed by atoms with Crippen molar-refractivity contribution in [2.45, 2.75) is 32.6 Å². The monoisotopic (exact) mass is 264 g/mol. The van der Waals surface area contributed by atoms with Gasteiger partial charge in [-0.1, -0.05) is 32.9 Å². The summed E-state index contributed by atoms with van der Waals surface area (Å²) in [5.41, 5.74) is 7.52. The van der Waals surface area contributed by atoms with Gasteiger partial charge in [-0.25, -0.2) is 0 Å². The molecule has 1 aromatic rings. The molecule has 0 aliphatic carbocycles. The Balaban J connectivity index is 2.91. The summed E-state index contributed by atoms with van der Waals surface area (Å²) in [4.78, 5) is 11.3. The van der Waals surface area contributed by atoms with E-state index in [9.17, 15) is 4.79 Å². The summed E-state index contributed by atoms with van der Waals surface area (Å²) in [7, 11) is 1.68. The van der Waals surface area contributed by atoms with Gasteiger partial charge in [-0.05, 0) is 23.6 Å². The number of carbonyl (C=O) groups excluding carboxylic acids is 1. The molecule has 1 amide bonds. The summed E-state index contributed by atoms with van der Waals surface area (Å²) in [6.07, 6.45) is 0.919. The molecule has 19 heavy (non-hydrogen) atoms. The minimum absolute atomic E-state index is 0.0267. The summed E-state index contributed by atoms with van der Waals surface area (Å²) in [5, 5.41) is 2.84. The highest BCUT2D eigenvalue weighted by Gasteiger charge is 2.22. The summed E-state index contributed by atoms with van der Waals surface area (Å²) in [5.74, 6) is 0.783. The van der Waals surface area contributed by atoms with Crippen molar-refractivity contribution in [3.63, 3.8) is 0 Å². The standard InChI is InChI=1S/C15H24N2O2/c1-5-11-8-12(6-7-13(11)19-4)15(2,3)10-17-14(18)9-16/h6-8H,5,9-10,16H2,1-4H3,(H,17,18). The van der Waals surface area contributed by atoms with E-state index in [-0.39, 0.29) is 17.9 Å². The Morgan fingerprint density at radius 2 is 2.11 bits per heavy atom. The van der Waals surface area contributed by atoms with Crippen molar-refractivity contribution >= 4 is 5.91 Å². The summed E-state index contributed by atoms with van der Waals surface area (Å²) in [6.45, 7) is 6.90. The minimum Gasteiger partial charge on any atom is -0.496 e. The van der Waals surface area contributed by atoms with Crippen molar-refractivity contribution in [1.82, 2.24) is 5.32 Å². The van der Waals surface area contributed by atoms with E-state index >= 15 is 0 Å². The average Bonchev–Trinajstić information content (AvgIpc) is 2.43. The van der Waals surface area contributed by atoms with Gasteiger partial charge in [0.25, 0.3) is 0 Å². The van der Waals surface area contributed by atoms with Crippen molar-refractivity contribution in [1.29, 1.82) is 0 Å². The normalized spacial score (nSPS) is 11.2. The molecule has 1 rings (SSSR count). The first kappa shape index (κ1) is 15.5. The molecule has 0 aromatic heterocycles. The third-order valence-corrected chi connectivity index (χ3v) is 3.36. The average molecular weight is 264 g/mol. The maximum Gasteiger partial charge on any atom is 0.233 e. The fourth-order valence-electron chi connectivity index (χ4n) is 1.97. The SMILES string of the molecule is CCc1cc(C(C)(C)CNC(=O)CN)ccc1OC. The third-order valence-electron chi connectivity index (χ3n) is 3.36. The van der Waals surface area contributed by atoms with Crippen molar-refractivity contribution in [3.05, 3.63) is 29.3 Å². The van der Waals surface area contributed by atoms with Crippen LogP contribution in [0.3, 0.4) is 0 Å². The maximum atomic E-state index is 11.3. The molecule has 0 unspecified atom stereocenters. The van der Waals surface area contributed by atoms with E-state index in [1.807, 2.05) is 12.1 Å². The predicted molar refractivity (Wildman–Crippen MR) is 77.5 cm³/mol. The first-order chi connectivity index (χ1) is 8.94. The number of aryl methyl sites for hydroxylation is 1. The molecule has 1 aromatic carbocycles. The van der Waals surface area contributed by atoms with Crippen molar-refractivity contribution in [2.75, 3.05) is 20.2 Å². The van der Waals surface area contributed by atoms with Gasteiger partial charge >= 0.3 is 0 Å². The summed E-state index contributed by atoms with van der Waals surface area (Å²) < 4.78 is 5.33. The number of hydrogen-bond acceptors (Lipinski definition) is 3. The smallest absolute Gasteiger partial charge is 0.233 e. The van der Waals surface area contributed by atoms with Crippen LogP contribution in [0.4, 0.5) is 0 Å². The molecule has 0 spiro atoms. The van der Waals surface area contributed by atoms with Gasteiger partial charge in [0.15, 0.2) is 0 Å². The van der Waals surface area contributed by atoms with E-state index in [0.717, 1.165) is 12.2 Å². The van der Waals surface area contributed by atoms with Crippen LogP contribution in [0, 0.1) is 0 Å². The number of hydrogen-bond donors (Lipinski definition) is 2. The quantitative estimate of drug-likeness (QED) is 0.820. The number of rotatable bonds is 6. The molecular weight excluding hydrogens is 240 g/mol. The van der Waals surface area contributed by atoms with Crippen LogP contribution in [0.5, 0.6) is 5.75 Å². The lowest BCUT2D eigenvalue weighted by Crippen LogP contribution is -2.39. The predicted octanol–water partition coefficient (Wildman–Crippen LogP) is 1.61. The second-order valence-corrected chi connectivity index (χ2v) is 5.24. The van der Waals surface area contributed by atoms with Crippen LogP contribution in [0.25, 0.3) is 0 Å². The van der Waals surface area contributed by atoms with Gasteiger partial charge in [0.2, 0.25) is 5.91 Å². The first-order valence-corrected chi connectivity index (χ1v) is 6.58. The lowest BCUT2D eigenvalue weighted by molar-refractivity contribution is -0.119. The van der Waals surface area contributed by atoms with Crippen LogP contribution < -0.4 is 15.8 Å². The molecule has 0 saturated carbocycles. The number of nitrogens with one attached hydrogen (secondary N) is 1. The van der Waals surface area contributed by atoms with Crippen LogP contribution in [0.2, 0.25) is 0 Å². The molecular formula is C15H24N2O2. The van der Waals surface area contributed by atoms with Gasteiger partial charge in [0.05, 0.1) is 13.7 Å². The highest BCUT2D eigenvalue weighted by atomic mass is 16.5. The number of carbonyl (C=O) groups is 1. The fraction of sp³-hybridized carbons (Fsp3) is 0.533. The minimum atomic E-state index is -0.138. The van der Waals surface area contributed by atoms with E-state index < -0.39 is 0 Å². The van der Waals surface area contributed by atoms with Crippen molar-refractivity contribution < 1.29 is 9.53 Å². The molecule has 0 aliphatic heterocycles. The second kappa shape index (κ2) is 6.57. The molecule has 0 radical (unpaired) electrons. The van der Waals surface area contributed by atoms with Crippen LogP contribution >= 0.6 is 0 Å². The molecule has 0 bridgehead atoms. The zero-order valence-corrected chi connectivity index (χ0v) is 12.2. The summed E-state index contributed by atoms with van der Waals surface area (Å²) >= 11 is 0. The highest BCUT2D eigenvalue weighted by Crippen LogP contribution is 2.28. The Morgan fingerprint density at radius 1 is 1.42 bits per heavy atom. The Labute approximate surface area is 115 Å². The Kier molecular flexibility index (Phi) is 5.36. The molecule has 3 N–H and O–H groups in total. The van der Waals surface area contributed by atoms with Gasteiger partial charge < -0.3 is 15.8 Å². The second-order valence-electron chi connectivity index (χ2n) is 5.24. The van der Waals surface area contributed by atoms with E-state index in [2.05, 4.69) is 32.2 Å². The Bertz CT molecular complexity index is 442. The van der Waals surface area contributed by atoms with Gasteiger partial charge in [0, 0.05) is 12.0 Å². The number of methoxy groups -OCH3 is 1. The molecule has 0 aliphatic rings. The van der Waals surface area contributed by atoms with Gasteiger partial charge in [0.1, 0.15) is 5.75 Å². The third kappa shape index (κ3) is 3.96.